The van der Waals surface area contributed by atoms with E-state index >= 15 is 0 Å². The average Bonchev–Trinajstić information content (AvgIpc) is 2.27. The third-order valence-corrected chi connectivity index (χ3v) is 3.96. The Morgan fingerprint density at radius 3 is 2.61 bits per heavy atom. The summed E-state index contributed by atoms with van der Waals surface area (Å²) in [5.41, 5.74) is 2.07. The average molecular weight is 264 g/mol. The van der Waals surface area contributed by atoms with E-state index in [9.17, 15) is 8.42 Å². The molecule has 1 N–H and O–H groups in total. The fourth-order valence-electron chi connectivity index (χ4n) is 1.45. The second kappa shape index (κ2) is 5.80. The third kappa shape index (κ3) is 3.69. The summed E-state index contributed by atoms with van der Waals surface area (Å²) in [6.07, 6.45) is 1.80. The first kappa shape index (κ1) is 14.4. The van der Waals surface area contributed by atoms with Gasteiger partial charge in [-0.3, -0.25) is 0 Å². The molecule has 0 amide bonds. The molecule has 0 saturated heterocycles. The van der Waals surface area contributed by atoms with E-state index in [2.05, 4.69) is 4.72 Å². The normalized spacial score (nSPS) is 10.8. The lowest BCUT2D eigenvalue weighted by Crippen LogP contribution is -2.24. The summed E-state index contributed by atoms with van der Waals surface area (Å²) in [6, 6.07) is 6.50. The van der Waals surface area contributed by atoms with E-state index in [0.29, 0.717) is 11.1 Å². The van der Waals surface area contributed by atoms with E-state index in [1.165, 1.54) is 12.1 Å². The first-order valence-electron chi connectivity index (χ1n) is 5.50. The molecule has 0 fully saturated rings. The molecule has 18 heavy (non-hydrogen) atoms. The first-order valence-corrected chi connectivity index (χ1v) is 6.99. The number of rotatable bonds is 4. The van der Waals surface area contributed by atoms with Crippen molar-refractivity contribution in [2.75, 3.05) is 6.54 Å². The van der Waals surface area contributed by atoms with Crippen LogP contribution in [0.4, 0.5) is 0 Å². The lowest BCUT2D eigenvalue weighted by atomic mass is 10.2. The highest BCUT2D eigenvalue weighted by Gasteiger charge is 2.15. The zero-order chi connectivity index (χ0) is 13.8. The van der Waals surface area contributed by atoms with E-state index < -0.39 is 10.0 Å². The van der Waals surface area contributed by atoms with Gasteiger partial charge in [-0.25, -0.2) is 13.1 Å². The van der Waals surface area contributed by atoms with Crippen LogP contribution >= 0.6 is 0 Å². The van der Waals surface area contributed by atoms with Gasteiger partial charge in [0.05, 0.1) is 16.5 Å². The van der Waals surface area contributed by atoms with E-state index in [1.54, 1.807) is 19.1 Å². The molecule has 1 aromatic carbocycles. The van der Waals surface area contributed by atoms with Crippen LogP contribution in [0.3, 0.4) is 0 Å². The quantitative estimate of drug-likeness (QED) is 0.847. The van der Waals surface area contributed by atoms with Gasteiger partial charge in [-0.2, -0.15) is 5.26 Å². The minimum absolute atomic E-state index is 0.212. The Hall–Kier alpha value is -1.64. The van der Waals surface area contributed by atoms with Gasteiger partial charge in [-0.15, -0.1) is 0 Å². The maximum atomic E-state index is 12.0. The predicted octanol–water partition coefficient (Wildman–Crippen LogP) is 2.11. The van der Waals surface area contributed by atoms with Crippen molar-refractivity contribution in [3.8, 4) is 6.07 Å². The second-order valence-corrected chi connectivity index (χ2v) is 5.96. The van der Waals surface area contributed by atoms with Crippen molar-refractivity contribution in [1.82, 2.24) is 4.72 Å². The summed E-state index contributed by atoms with van der Waals surface area (Å²) >= 11 is 0. The predicted molar refractivity (Wildman–Crippen MR) is 70.5 cm³/mol. The molecule has 0 atom stereocenters. The number of nitrogens with one attached hydrogen (secondary N) is 1. The summed E-state index contributed by atoms with van der Waals surface area (Å²) in [5.74, 6) is 0. The molecule has 0 aliphatic heterocycles. The Morgan fingerprint density at radius 2 is 2.11 bits per heavy atom. The molecule has 0 aromatic heterocycles. The van der Waals surface area contributed by atoms with Crippen LogP contribution in [0.1, 0.15) is 25.0 Å². The largest absolute Gasteiger partial charge is 0.241 e. The van der Waals surface area contributed by atoms with E-state index in [1.807, 2.05) is 19.9 Å². The van der Waals surface area contributed by atoms with Gasteiger partial charge in [-0.1, -0.05) is 11.6 Å². The lowest BCUT2D eigenvalue weighted by Gasteiger charge is -2.08. The number of benzene rings is 1. The molecule has 0 unspecified atom stereocenters. The minimum atomic E-state index is -3.52. The van der Waals surface area contributed by atoms with Gasteiger partial charge in [0.15, 0.2) is 0 Å². The number of hydrogen-bond donors (Lipinski definition) is 1. The molecule has 5 heteroatoms. The van der Waals surface area contributed by atoms with Crippen molar-refractivity contribution in [2.24, 2.45) is 0 Å². The number of sulfonamides is 1. The molecule has 0 bridgehead atoms. The van der Waals surface area contributed by atoms with Gasteiger partial charge in [0.25, 0.3) is 0 Å². The summed E-state index contributed by atoms with van der Waals surface area (Å²) in [4.78, 5) is 0.212. The summed E-state index contributed by atoms with van der Waals surface area (Å²) in [6.45, 7) is 5.75. The highest BCUT2D eigenvalue weighted by molar-refractivity contribution is 7.89. The van der Waals surface area contributed by atoms with Crippen LogP contribution in [-0.4, -0.2) is 15.0 Å². The number of nitriles is 1. The second-order valence-electron chi connectivity index (χ2n) is 4.23. The summed E-state index contributed by atoms with van der Waals surface area (Å²) in [7, 11) is -3.52. The highest BCUT2D eigenvalue weighted by Crippen LogP contribution is 2.16. The van der Waals surface area contributed by atoms with Crippen molar-refractivity contribution in [1.29, 1.82) is 5.26 Å². The van der Waals surface area contributed by atoms with E-state index in [0.717, 1.165) is 5.57 Å². The van der Waals surface area contributed by atoms with E-state index in [4.69, 9.17) is 5.26 Å². The maximum Gasteiger partial charge on any atom is 0.241 e. The Kier molecular flexibility index (Phi) is 4.65. The zero-order valence-corrected chi connectivity index (χ0v) is 11.5. The van der Waals surface area contributed by atoms with Gasteiger partial charge in [0, 0.05) is 6.54 Å². The Balaban J connectivity index is 2.99. The summed E-state index contributed by atoms with van der Waals surface area (Å²) < 4.78 is 26.5. The molecule has 0 saturated carbocycles. The van der Waals surface area contributed by atoms with Crippen molar-refractivity contribution >= 4 is 10.0 Å². The molecule has 1 rings (SSSR count). The molecular formula is C13H16N2O2S. The number of allylic oxidation sites excluding steroid dienone is 1. The Bertz CT molecular complexity index is 606. The molecule has 0 aliphatic carbocycles. The molecule has 0 radical (unpaired) electrons. The van der Waals surface area contributed by atoms with Crippen LogP contribution < -0.4 is 4.72 Å². The molecule has 0 heterocycles. The van der Waals surface area contributed by atoms with Crippen LogP contribution in [-0.2, 0) is 10.0 Å². The standard InChI is InChI=1S/C13H16N2O2S/c1-10(2)6-7-15-18(16,17)13-5-4-12(9-14)8-11(13)3/h4-6,8,15H,7H2,1-3H3. The topological polar surface area (TPSA) is 70.0 Å². The van der Waals surface area contributed by atoms with Crippen molar-refractivity contribution in [2.45, 2.75) is 25.7 Å². The first-order chi connectivity index (χ1) is 8.36. The third-order valence-electron chi connectivity index (χ3n) is 2.38. The SMILES string of the molecule is CC(C)=CCNS(=O)(=O)c1ccc(C#N)cc1C. The molecule has 4 nitrogen and oxygen atoms in total. The van der Waals surface area contributed by atoms with E-state index in [-0.39, 0.29) is 11.4 Å². The van der Waals surface area contributed by atoms with Gasteiger partial charge in [-0.05, 0) is 44.5 Å². The van der Waals surface area contributed by atoms with Gasteiger partial charge >= 0.3 is 0 Å². The Labute approximate surface area is 108 Å². The van der Waals surface area contributed by atoms with Gasteiger partial charge in [0.2, 0.25) is 10.0 Å². The van der Waals surface area contributed by atoms with Crippen LogP contribution in [0.5, 0.6) is 0 Å². The zero-order valence-electron chi connectivity index (χ0n) is 10.7. The monoisotopic (exact) mass is 264 g/mol. The number of hydrogen-bond acceptors (Lipinski definition) is 3. The van der Waals surface area contributed by atoms with Crippen LogP contribution in [0.25, 0.3) is 0 Å². The van der Waals surface area contributed by atoms with Crippen molar-refractivity contribution < 1.29 is 8.42 Å². The number of nitrogens with zero attached hydrogens (tertiary/aromatic N) is 1. The van der Waals surface area contributed by atoms with Gasteiger partial charge in [0.1, 0.15) is 0 Å². The van der Waals surface area contributed by atoms with Crippen molar-refractivity contribution in [3.05, 3.63) is 41.0 Å². The van der Waals surface area contributed by atoms with Crippen LogP contribution in [0.15, 0.2) is 34.7 Å². The molecule has 1 aromatic rings. The summed E-state index contributed by atoms with van der Waals surface area (Å²) in [5, 5.41) is 8.74. The molecule has 0 spiro atoms. The van der Waals surface area contributed by atoms with Crippen LogP contribution in [0, 0.1) is 18.3 Å². The molecule has 96 valence electrons. The fourth-order valence-corrected chi connectivity index (χ4v) is 2.64. The molecule has 0 aliphatic rings. The fraction of sp³-hybridized carbons (Fsp3) is 0.308. The van der Waals surface area contributed by atoms with Crippen LogP contribution in [0.2, 0.25) is 0 Å². The maximum absolute atomic E-state index is 12.0. The highest BCUT2D eigenvalue weighted by atomic mass is 32.2. The minimum Gasteiger partial charge on any atom is -0.207 e. The lowest BCUT2D eigenvalue weighted by molar-refractivity contribution is 0.585. The Morgan fingerprint density at radius 1 is 1.44 bits per heavy atom. The molecular weight excluding hydrogens is 248 g/mol. The smallest absolute Gasteiger partial charge is 0.207 e. The number of aryl methyl sites for hydroxylation is 1. The van der Waals surface area contributed by atoms with Gasteiger partial charge < -0.3 is 0 Å². The van der Waals surface area contributed by atoms with Crippen molar-refractivity contribution in [3.63, 3.8) is 0 Å².